The maximum Gasteiger partial charge on any atom is 0.269 e. The Bertz CT molecular complexity index is 724. The zero-order valence-electron chi connectivity index (χ0n) is 12.4. The van der Waals surface area contributed by atoms with Crippen molar-refractivity contribution in [3.05, 3.63) is 30.1 Å². The molecule has 4 N–H and O–H groups in total. The van der Waals surface area contributed by atoms with E-state index in [0.29, 0.717) is 0 Å². The molecular weight excluding hydrogens is 308 g/mol. The van der Waals surface area contributed by atoms with E-state index < -0.39 is 12.0 Å². The van der Waals surface area contributed by atoms with Crippen molar-refractivity contribution in [1.82, 2.24) is 9.97 Å². The molecule has 2 heterocycles. The minimum Gasteiger partial charge on any atom is -0.455 e. The largest absolute Gasteiger partial charge is 0.455 e. The van der Waals surface area contributed by atoms with Crippen molar-refractivity contribution < 1.29 is 18.3 Å². The lowest BCUT2D eigenvalue weighted by atomic mass is 10.2. The zero-order valence-corrected chi connectivity index (χ0v) is 12.4. The van der Waals surface area contributed by atoms with Gasteiger partial charge in [-0.3, -0.25) is 4.79 Å². The summed E-state index contributed by atoms with van der Waals surface area (Å²) in [6.45, 7) is 1.33. The number of nitrogens with two attached hydrogens (primary N) is 1. The summed E-state index contributed by atoms with van der Waals surface area (Å²) in [7, 11) is 1.46. The number of hydrogen-bond donors (Lipinski definition) is 3. The molecule has 1 amide bonds. The number of nitrogens with one attached hydrogen (secondary N) is 2. The van der Waals surface area contributed by atoms with Crippen molar-refractivity contribution in [2.24, 2.45) is 0 Å². The fourth-order valence-corrected chi connectivity index (χ4v) is 1.93. The predicted octanol–water partition coefficient (Wildman–Crippen LogP) is 2.79. The molecule has 0 aliphatic rings. The van der Waals surface area contributed by atoms with Crippen LogP contribution in [-0.2, 0) is 4.79 Å². The number of pyridine rings is 2. The number of alkyl halides is 2. The third-order valence-corrected chi connectivity index (χ3v) is 2.84. The Morgan fingerprint density at radius 1 is 1.39 bits per heavy atom. The molecule has 2 aromatic heterocycles. The molecule has 7 nitrogen and oxygen atoms in total. The molecule has 0 saturated heterocycles. The molecule has 0 bridgehead atoms. The molecule has 0 radical (unpaired) electrons. The van der Waals surface area contributed by atoms with Gasteiger partial charge in [0.2, 0.25) is 5.91 Å². The van der Waals surface area contributed by atoms with E-state index in [1.54, 1.807) is 0 Å². The van der Waals surface area contributed by atoms with E-state index in [2.05, 4.69) is 20.6 Å². The van der Waals surface area contributed by atoms with Gasteiger partial charge >= 0.3 is 0 Å². The van der Waals surface area contributed by atoms with E-state index in [1.807, 2.05) is 0 Å². The van der Waals surface area contributed by atoms with E-state index in [4.69, 9.17) is 10.5 Å². The molecule has 0 saturated carbocycles. The number of aromatic nitrogens is 2. The lowest BCUT2D eigenvalue weighted by Gasteiger charge is -2.16. The summed E-state index contributed by atoms with van der Waals surface area (Å²) in [6, 6.07) is 2.88. The van der Waals surface area contributed by atoms with Crippen LogP contribution in [0.1, 0.15) is 18.9 Å². The molecule has 2 rings (SSSR count). The minimum absolute atomic E-state index is 0.00800. The lowest BCUT2D eigenvalue weighted by molar-refractivity contribution is -0.114. The van der Waals surface area contributed by atoms with Gasteiger partial charge in [-0.05, 0) is 6.07 Å². The standard InChI is InChI=1S/C14H15F2N5O2/c1-7(22)21-10-5-8(3-4-19-10)23-9-6-20-14(17)12(18-2)11(9)13(15)16/h3-6,13,18H,1-2H3,(H2,17,20)(H,19,21,22). The number of hydrogen-bond acceptors (Lipinski definition) is 6. The molecule has 23 heavy (non-hydrogen) atoms. The van der Waals surface area contributed by atoms with Crippen LogP contribution < -0.4 is 21.1 Å². The molecule has 0 atom stereocenters. The number of anilines is 3. The Labute approximate surface area is 130 Å². The first-order valence-electron chi connectivity index (χ1n) is 6.58. The van der Waals surface area contributed by atoms with Crippen LogP contribution in [-0.4, -0.2) is 22.9 Å². The van der Waals surface area contributed by atoms with Gasteiger partial charge in [-0.2, -0.15) is 0 Å². The SMILES string of the molecule is CNc1c(N)ncc(Oc2ccnc(NC(C)=O)c2)c1C(F)F. The van der Waals surface area contributed by atoms with Crippen LogP contribution in [0.25, 0.3) is 0 Å². The smallest absolute Gasteiger partial charge is 0.269 e. The van der Waals surface area contributed by atoms with Crippen LogP contribution in [0.15, 0.2) is 24.5 Å². The number of ether oxygens (including phenoxy) is 1. The number of carbonyl (C=O) groups is 1. The summed E-state index contributed by atoms with van der Waals surface area (Å²) < 4.78 is 32.1. The highest BCUT2D eigenvalue weighted by atomic mass is 19.3. The Balaban J connectivity index is 2.38. The fourth-order valence-electron chi connectivity index (χ4n) is 1.93. The summed E-state index contributed by atoms with van der Waals surface area (Å²) in [5.41, 5.74) is 5.21. The maximum atomic E-state index is 13.3. The van der Waals surface area contributed by atoms with Crippen LogP contribution in [0, 0.1) is 0 Å². The van der Waals surface area contributed by atoms with Gasteiger partial charge < -0.3 is 21.1 Å². The highest BCUT2D eigenvalue weighted by Gasteiger charge is 2.22. The van der Waals surface area contributed by atoms with Crippen molar-refractivity contribution in [1.29, 1.82) is 0 Å². The first kappa shape index (κ1) is 16.4. The number of nitrogen functional groups attached to an aromatic ring is 1. The normalized spacial score (nSPS) is 10.5. The van der Waals surface area contributed by atoms with Gasteiger partial charge in [0, 0.05) is 26.2 Å². The van der Waals surface area contributed by atoms with Crippen LogP contribution in [0.4, 0.5) is 26.1 Å². The van der Waals surface area contributed by atoms with Gasteiger partial charge in [0.25, 0.3) is 6.43 Å². The van der Waals surface area contributed by atoms with E-state index in [0.717, 1.165) is 6.20 Å². The van der Waals surface area contributed by atoms with Gasteiger partial charge in [0.1, 0.15) is 17.4 Å². The van der Waals surface area contributed by atoms with E-state index >= 15 is 0 Å². The van der Waals surface area contributed by atoms with Gasteiger partial charge in [0.15, 0.2) is 5.75 Å². The summed E-state index contributed by atoms with van der Waals surface area (Å²) in [4.78, 5) is 18.8. The van der Waals surface area contributed by atoms with Gasteiger partial charge in [-0.25, -0.2) is 18.7 Å². The molecule has 2 aromatic rings. The molecular formula is C14H15F2N5O2. The number of amides is 1. The van der Waals surface area contributed by atoms with Gasteiger partial charge in [-0.1, -0.05) is 0 Å². The average molecular weight is 323 g/mol. The third kappa shape index (κ3) is 3.82. The number of rotatable bonds is 5. The minimum atomic E-state index is -2.81. The molecule has 0 aliphatic heterocycles. The van der Waals surface area contributed by atoms with E-state index in [-0.39, 0.29) is 34.7 Å². The maximum absolute atomic E-state index is 13.3. The fraction of sp³-hybridized carbons (Fsp3) is 0.214. The second kappa shape index (κ2) is 6.86. The zero-order chi connectivity index (χ0) is 17.0. The first-order chi connectivity index (χ1) is 10.9. The van der Waals surface area contributed by atoms with E-state index in [9.17, 15) is 13.6 Å². The molecule has 0 spiro atoms. The monoisotopic (exact) mass is 323 g/mol. The quantitative estimate of drug-likeness (QED) is 0.782. The van der Waals surface area contributed by atoms with Crippen molar-refractivity contribution >= 4 is 23.2 Å². The van der Waals surface area contributed by atoms with Crippen LogP contribution >= 0.6 is 0 Å². The number of nitrogens with zero attached hydrogens (tertiary/aromatic N) is 2. The molecule has 0 aromatic carbocycles. The highest BCUT2D eigenvalue weighted by Crippen LogP contribution is 2.39. The summed E-state index contributed by atoms with van der Waals surface area (Å²) >= 11 is 0. The molecule has 122 valence electrons. The molecule has 0 aliphatic carbocycles. The Morgan fingerprint density at radius 3 is 2.74 bits per heavy atom. The summed E-state index contributed by atoms with van der Waals surface area (Å²) in [6.07, 6.45) is -0.308. The van der Waals surface area contributed by atoms with Crippen molar-refractivity contribution in [2.45, 2.75) is 13.3 Å². The van der Waals surface area contributed by atoms with Gasteiger partial charge in [0.05, 0.1) is 17.4 Å². The Morgan fingerprint density at radius 2 is 2.13 bits per heavy atom. The van der Waals surface area contributed by atoms with Crippen LogP contribution in [0.3, 0.4) is 0 Å². The molecule has 9 heteroatoms. The predicted molar refractivity (Wildman–Crippen MR) is 81.8 cm³/mol. The van der Waals surface area contributed by atoms with E-state index in [1.165, 1.54) is 32.3 Å². The average Bonchev–Trinajstić information content (AvgIpc) is 2.48. The lowest BCUT2D eigenvalue weighted by Crippen LogP contribution is -2.07. The van der Waals surface area contributed by atoms with Crippen molar-refractivity contribution in [3.63, 3.8) is 0 Å². The van der Waals surface area contributed by atoms with Crippen LogP contribution in [0.5, 0.6) is 11.5 Å². The number of carbonyl (C=O) groups excluding carboxylic acids is 1. The Hall–Kier alpha value is -2.97. The topological polar surface area (TPSA) is 102 Å². The summed E-state index contributed by atoms with van der Waals surface area (Å²) in [5.74, 6) is -0.0398. The molecule has 0 fully saturated rings. The second-order valence-corrected chi connectivity index (χ2v) is 4.51. The third-order valence-electron chi connectivity index (χ3n) is 2.84. The molecule has 0 unspecified atom stereocenters. The van der Waals surface area contributed by atoms with Crippen molar-refractivity contribution in [2.75, 3.05) is 23.4 Å². The van der Waals surface area contributed by atoms with Crippen LogP contribution in [0.2, 0.25) is 0 Å². The first-order valence-corrected chi connectivity index (χ1v) is 6.58. The van der Waals surface area contributed by atoms with Gasteiger partial charge in [-0.15, -0.1) is 0 Å². The highest BCUT2D eigenvalue weighted by molar-refractivity contribution is 5.87. The Kier molecular flexibility index (Phi) is 4.89. The second-order valence-electron chi connectivity index (χ2n) is 4.51. The summed E-state index contributed by atoms with van der Waals surface area (Å²) in [5, 5.41) is 5.07. The van der Waals surface area contributed by atoms with Crippen molar-refractivity contribution in [3.8, 4) is 11.5 Å². The number of halogens is 2.